The zero-order valence-corrected chi connectivity index (χ0v) is 11.5. The number of benzene rings is 1. The lowest BCUT2D eigenvalue weighted by molar-refractivity contribution is -0.142. The Balaban J connectivity index is 2.15. The van der Waals surface area contributed by atoms with Crippen LogP contribution in [0.5, 0.6) is 0 Å². The zero-order valence-electron chi connectivity index (χ0n) is 9.93. The maximum absolute atomic E-state index is 12.0. The summed E-state index contributed by atoms with van der Waals surface area (Å²) in [7, 11) is 0. The van der Waals surface area contributed by atoms with Crippen LogP contribution in [0.15, 0.2) is 24.3 Å². The predicted molar refractivity (Wildman–Crippen MR) is 74.2 cm³/mol. The van der Waals surface area contributed by atoms with Crippen molar-refractivity contribution in [2.45, 2.75) is 12.1 Å². The molecule has 1 fully saturated rings. The average molecular weight is 301 g/mol. The first-order valence-corrected chi connectivity index (χ1v) is 7.21. The number of carboxylic acids is 1. The van der Waals surface area contributed by atoms with Crippen LogP contribution in [0.4, 0.5) is 0 Å². The van der Waals surface area contributed by atoms with Gasteiger partial charge in [0.05, 0.1) is 6.04 Å². The maximum atomic E-state index is 12.0. The predicted octanol–water partition coefficient (Wildman–Crippen LogP) is 1.24. The van der Waals surface area contributed by atoms with Crippen molar-refractivity contribution in [2.24, 2.45) is 0 Å². The molecular formula is C12H13ClN2O3S. The molecule has 2 atom stereocenters. The molecule has 1 unspecified atom stereocenters. The Labute approximate surface area is 119 Å². The Kier molecular flexibility index (Phi) is 4.68. The van der Waals surface area contributed by atoms with Crippen molar-refractivity contribution in [3.63, 3.8) is 0 Å². The highest BCUT2D eigenvalue weighted by molar-refractivity contribution is 7.99. The molecule has 1 saturated heterocycles. The highest BCUT2D eigenvalue weighted by Crippen LogP contribution is 2.23. The van der Waals surface area contributed by atoms with Crippen molar-refractivity contribution < 1.29 is 14.7 Å². The van der Waals surface area contributed by atoms with Gasteiger partial charge in [-0.2, -0.15) is 0 Å². The van der Waals surface area contributed by atoms with Gasteiger partial charge in [0.25, 0.3) is 0 Å². The molecule has 1 amide bonds. The quantitative estimate of drug-likeness (QED) is 0.780. The summed E-state index contributed by atoms with van der Waals surface area (Å²) in [4.78, 5) is 23.3. The van der Waals surface area contributed by atoms with Gasteiger partial charge in [-0.25, -0.2) is 4.79 Å². The summed E-state index contributed by atoms with van der Waals surface area (Å²) in [5.74, 6) is -0.118. The van der Waals surface area contributed by atoms with Crippen LogP contribution < -0.4 is 10.6 Å². The van der Waals surface area contributed by atoms with Gasteiger partial charge < -0.3 is 10.4 Å². The molecule has 1 aliphatic rings. The molecule has 0 aromatic heterocycles. The van der Waals surface area contributed by atoms with Gasteiger partial charge in [-0.05, 0) is 6.07 Å². The Hall–Kier alpha value is -1.24. The summed E-state index contributed by atoms with van der Waals surface area (Å²) in [6, 6.07) is 5.11. The van der Waals surface area contributed by atoms with Crippen LogP contribution >= 0.6 is 23.4 Å². The van der Waals surface area contributed by atoms with Crippen molar-refractivity contribution in [1.82, 2.24) is 10.6 Å². The van der Waals surface area contributed by atoms with Crippen molar-refractivity contribution in [3.8, 4) is 0 Å². The third-order valence-corrected chi connectivity index (χ3v) is 4.07. The third kappa shape index (κ3) is 3.40. The van der Waals surface area contributed by atoms with Gasteiger partial charge in [0.1, 0.15) is 0 Å². The van der Waals surface area contributed by atoms with E-state index in [-0.39, 0.29) is 11.9 Å². The number of aliphatic carboxylic acids is 1. The molecule has 102 valence electrons. The number of hydrogen-bond acceptors (Lipinski definition) is 4. The minimum absolute atomic E-state index is 0.322. The van der Waals surface area contributed by atoms with E-state index in [0.717, 1.165) is 0 Å². The van der Waals surface area contributed by atoms with E-state index in [0.29, 0.717) is 22.2 Å². The number of carboxylic acid groups (broad SMARTS) is 1. The Morgan fingerprint density at radius 3 is 2.79 bits per heavy atom. The lowest BCUT2D eigenvalue weighted by atomic mass is 10.1. The fourth-order valence-corrected chi connectivity index (χ4v) is 2.97. The smallest absolute Gasteiger partial charge is 0.330 e. The topological polar surface area (TPSA) is 78.4 Å². The first kappa shape index (κ1) is 14.2. The number of thioether (sulfide) groups is 1. The Bertz CT molecular complexity index is 492. The van der Waals surface area contributed by atoms with E-state index in [2.05, 4.69) is 10.6 Å². The monoisotopic (exact) mass is 300 g/mol. The molecule has 19 heavy (non-hydrogen) atoms. The van der Waals surface area contributed by atoms with Crippen LogP contribution in [-0.2, 0) is 9.59 Å². The number of carbonyl (C=O) groups is 2. The van der Waals surface area contributed by atoms with Gasteiger partial charge >= 0.3 is 5.97 Å². The molecule has 0 aliphatic carbocycles. The van der Waals surface area contributed by atoms with E-state index in [1.807, 2.05) is 0 Å². The molecule has 1 aromatic carbocycles. The standard InChI is InChI=1S/C12H13ClN2O3S/c13-8-4-2-1-3-7(8)10(12(17)18)15-11(16)9-5-19-6-14-9/h1-4,9-10,14H,5-6H2,(H,15,16)(H,17,18)/t9?,10-/m1/s1. The highest BCUT2D eigenvalue weighted by atomic mass is 35.5. The van der Waals surface area contributed by atoms with Crippen molar-refractivity contribution in [1.29, 1.82) is 0 Å². The first-order chi connectivity index (χ1) is 9.09. The van der Waals surface area contributed by atoms with Gasteiger partial charge in [0, 0.05) is 22.2 Å². The molecule has 5 nitrogen and oxygen atoms in total. The zero-order chi connectivity index (χ0) is 13.8. The maximum Gasteiger partial charge on any atom is 0.330 e. The second-order valence-corrected chi connectivity index (χ2v) is 5.51. The van der Waals surface area contributed by atoms with Crippen LogP contribution in [0.3, 0.4) is 0 Å². The van der Waals surface area contributed by atoms with Gasteiger partial charge in [-0.3, -0.25) is 10.1 Å². The molecule has 1 aromatic rings. The number of rotatable bonds is 4. The second-order valence-electron chi connectivity index (χ2n) is 4.07. The normalized spacial score (nSPS) is 19.9. The summed E-state index contributed by atoms with van der Waals surface area (Å²) in [5, 5.41) is 15.1. The number of hydrogen-bond donors (Lipinski definition) is 3. The van der Waals surface area contributed by atoms with E-state index in [4.69, 9.17) is 11.6 Å². The second kappa shape index (κ2) is 6.27. The minimum Gasteiger partial charge on any atom is -0.479 e. The summed E-state index contributed by atoms with van der Waals surface area (Å²) in [6.45, 7) is 0. The largest absolute Gasteiger partial charge is 0.479 e. The lowest BCUT2D eigenvalue weighted by Gasteiger charge is -2.18. The molecule has 0 radical (unpaired) electrons. The van der Waals surface area contributed by atoms with Crippen LogP contribution in [0.25, 0.3) is 0 Å². The Morgan fingerprint density at radius 1 is 1.47 bits per heavy atom. The molecular weight excluding hydrogens is 288 g/mol. The van der Waals surface area contributed by atoms with Crippen molar-refractivity contribution in [2.75, 3.05) is 11.6 Å². The number of nitrogens with one attached hydrogen (secondary N) is 2. The summed E-state index contributed by atoms with van der Waals surface area (Å²) in [6.07, 6.45) is 0. The van der Waals surface area contributed by atoms with Crippen LogP contribution in [-0.4, -0.2) is 34.7 Å². The van der Waals surface area contributed by atoms with Gasteiger partial charge in [-0.15, -0.1) is 11.8 Å². The average Bonchev–Trinajstić information content (AvgIpc) is 2.90. The number of halogens is 1. The van der Waals surface area contributed by atoms with Crippen LogP contribution in [0.1, 0.15) is 11.6 Å². The van der Waals surface area contributed by atoms with Gasteiger partial charge in [-0.1, -0.05) is 29.8 Å². The van der Waals surface area contributed by atoms with E-state index in [1.165, 1.54) is 0 Å². The van der Waals surface area contributed by atoms with E-state index >= 15 is 0 Å². The SMILES string of the molecule is O=C(N[C@@H](C(=O)O)c1ccccc1Cl)C1CSCN1. The molecule has 3 N–H and O–H groups in total. The third-order valence-electron chi connectivity index (χ3n) is 2.78. The van der Waals surface area contributed by atoms with Gasteiger partial charge in [0.15, 0.2) is 6.04 Å². The van der Waals surface area contributed by atoms with Gasteiger partial charge in [0.2, 0.25) is 5.91 Å². The molecule has 1 heterocycles. The van der Waals surface area contributed by atoms with E-state index in [1.54, 1.807) is 36.0 Å². The first-order valence-electron chi connectivity index (χ1n) is 5.68. The molecule has 0 saturated carbocycles. The molecule has 0 bridgehead atoms. The lowest BCUT2D eigenvalue weighted by Crippen LogP contribution is -2.45. The molecule has 2 rings (SSSR count). The van der Waals surface area contributed by atoms with Crippen molar-refractivity contribution >= 4 is 35.2 Å². The van der Waals surface area contributed by atoms with E-state index < -0.39 is 12.0 Å². The highest BCUT2D eigenvalue weighted by Gasteiger charge is 2.29. The fraction of sp³-hybridized carbons (Fsp3) is 0.333. The summed E-state index contributed by atoms with van der Waals surface area (Å²) >= 11 is 7.57. The molecule has 0 spiro atoms. The molecule has 7 heteroatoms. The molecule has 1 aliphatic heterocycles. The summed E-state index contributed by atoms with van der Waals surface area (Å²) < 4.78 is 0. The fourth-order valence-electron chi connectivity index (χ4n) is 1.79. The summed E-state index contributed by atoms with van der Waals surface area (Å²) in [5.41, 5.74) is 0.385. The minimum atomic E-state index is -1.13. The van der Waals surface area contributed by atoms with Crippen molar-refractivity contribution in [3.05, 3.63) is 34.9 Å². The van der Waals surface area contributed by atoms with E-state index in [9.17, 15) is 14.7 Å². The number of amides is 1. The number of carbonyl (C=O) groups excluding carboxylic acids is 1. The Morgan fingerprint density at radius 2 is 2.21 bits per heavy atom. The van der Waals surface area contributed by atoms with Crippen LogP contribution in [0.2, 0.25) is 5.02 Å². The van der Waals surface area contributed by atoms with Crippen LogP contribution in [0, 0.1) is 0 Å².